The molecular formula is C14H17NO5. The number of methoxy groups -OCH3 is 1. The van der Waals surface area contributed by atoms with E-state index in [0.717, 1.165) is 0 Å². The summed E-state index contributed by atoms with van der Waals surface area (Å²) < 4.78 is 15.2. The molecule has 0 atom stereocenters. The van der Waals surface area contributed by atoms with E-state index < -0.39 is 11.9 Å². The Hall–Kier alpha value is -2.50. The predicted octanol–water partition coefficient (Wildman–Crippen LogP) is 1.29. The van der Waals surface area contributed by atoms with E-state index in [4.69, 9.17) is 19.9 Å². The van der Waals surface area contributed by atoms with Crippen LogP contribution in [-0.2, 0) is 9.53 Å². The number of nitrogens with two attached hydrogens (primary N) is 1. The molecule has 2 N–H and O–H groups in total. The molecule has 0 radical (unpaired) electrons. The Morgan fingerprint density at radius 2 is 1.90 bits per heavy atom. The maximum atomic E-state index is 11.4. The van der Waals surface area contributed by atoms with E-state index >= 15 is 0 Å². The van der Waals surface area contributed by atoms with Crippen LogP contribution < -0.4 is 15.2 Å². The highest BCUT2D eigenvalue weighted by molar-refractivity contribution is 5.93. The number of amides is 1. The summed E-state index contributed by atoms with van der Waals surface area (Å²) in [4.78, 5) is 22.5. The van der Waals surface area contributed by atoms with E-state index in [0.29, 0.717) is 11.5 Å². The number of benzene rings is 1. The zero-order valence-corrected chi connectivity index (χ0v) is 11.5. The lowest BCUT2D eigenvalue weighted by Crippen LogP contribution is -2.14. The number of carbonyl (C=O) groups is 2. The van der Waals surface area contributed by atoms with Crippen molar-refractivity contribution in [2.45, 2.75) is 6.92 Å². The van der Waals surface area contributed by atoms with Crippen LogP contribution in [0.25, 0.3) is 0 Å². The molecule has 1 rings (SSSR count). The molecule has 0 saturated carbocycles. The number of esters is 1. The molecule has 6 heteroatoms. The van der Waals surface area contributed by atoms with Gasteiger partial charge >= 0.3 is 5.97 Å². The number of hydrogen-bond acceptors (Lipinski definition) is 5. The Bertz CT molecular complexity index is 524. The minimum atomic E-state index is -0.599. The van der Waals surface area contributed by atoms with Gasteiger partial charge in [0.1, 0.15) is 18.1 Å². The van der Waals surface area contributed by atoms with Gasteiger partial charge in [-0.1, -0.05) is 6.58 Å². The fourth-order valence-corrected chi connectivity index (χ4v) is 1.38. The van der Waals surface area contributed by atoms with Crippen LogP contribution in [-0.4, -0.2) is 32.2 Å². The number of hydrogen-bond donors (Lipinski definition) is 1. The highest BCUT2D eigenvalue weighted by atomic mass is 16.5. The quantitative estimate of drug-likeness (QED) is 0.600. The first kappa shape index (κ1) is 15.6. The number of rotatable bonds is 7. The van der Waals surface area contributed by atoms with Crippen molar-refractivity contribution >= 4 is 11.9 Å². The molecule has 1 aromatic rings. The van der Waals surface area contributed by atoms with Crippen molar-refractivity contribution in [3.63, 3.8) is 0 Å². The Morgan fingerprint density at radius 3 is 2.45 bits per heavy atom. The van der Waals surface area contributed by atoms with Crippen LogP contribution in [0.2, 0.25) is 0 Å². The van der Waals surface area contributed by atoms with E-state index in [1.54, 1.807) is 13.0 Å². The second-order valence-electron chi connectivity index (χ2n) is 3.87. The fourth-order valence-electron chi connectivity index (χ4n) is 1.38. The molecule has 20 heavy (non-hydrogen) atoms. The number of carbonyl (C=O) groups excluding carboxylic acids is 2. The van der Waals surface area contributed by atoms with Gasteiger partial charge in [-0.3, -0.25) is 4.79 Å². The third kappa shape index (κ3) is 4.31. The lowest BCUT2D eigenvalue weighted by Gasteiger charge is -2.10. The molecule has 6 nitrogen and oxygen atoms in total. The van der Waals surface area contributed by atoms with Crippen molar-refractivity contribution in [3.8, 4) is 11.5 Å². The monoisotopic (exact) mass is 279 g/mol. The van der Waals surface area contributed by atoms with Crippen LogP contribution >= 0.6 is 0 Å². The summed E-state index contributed by atoms with van der Waals surface area (Å²) in [6, 6.07) is 4.53. The van der Waals surface area contributed by atoms with Crippen molar-refractivity contribution in [1.82, 2.24) is 0 Å². The molecular weight excluding hydrogens is 262 g/mol. The first-order valence-corrected chi connectivity index (χ1v) is 5.94. The van der Waals surface area contributed by atoms with Gasteiger partial charge in [0, 0.05) is 11.6 Å². The lowest BCUT2D eigenvalue weighted by molar-refractivity contribution is -0.138. The Labute approximate surface area is 117 Å². The summed E-state index contributed by atoms with van der Waals surface area (Å²) in [5.74, 6) is -0.342. The molecule has 1 amide bonds. The number of ether oxygens (including phenoxy) is 3. The third-order valence-corrected chi connectivity index (χ3v) is 2.38. The maximum Gasteiger partial charge on any atom is 0.336 e. The van der Waals surface area contributed by atoms with Gasteiger partial charge in [0.2, 0.25) is 5.91 Å². The van der Waals surface area contributed by atoms with E-state index in [2.05, 4.69) is 6.58 Å². The van der Waals surface area contributed by atoms with Crippen LogP contribution in [0.4, 0.5) is 0 Å². The van der Waals surface area contributed by atoms with Crippen molar-refractivity contribution in [3.05, 3.63) is 35.9 Å². The van der Waals surface area contributed by atoms with Crippen LogP contribution in [0.15, 0.2) is 30.4 Å². The summed E-state index contributed by atoms with van der Waals surface area (Å²) in [7, 11) is 1.46. The van der Waals surface area contributed by atoms with Gasteiger partial charge in [0.05, 0.1) is 19.3 Å². The van der Waals surface area contributed by atoms with Gasteiger partial charge in [-0.2, -0.15) is 0 Å². The zero-order chi connectivity index (χ0) is 15.1. The van der Waals surface area contributed by atoms with Crippen molar-refractivity contribution < 1.29 is 23.8 Å². The van der Waals surface area contributed by atoms with Gasteiger partial charge in [-0.05, 0) is 19.1 Å². The van der Waals surface area contributed by atoms with Gasteiger partial charge in [-0.15, -0.1) is 0 Å². The molecule has 0 fully saturated rings. The van der Waals surface area contributed by atoms with E-state index in [9.17, 15) is 9.59 Å². The molecule has 108 valence electrons. The standard InChI is InChI=1S/C14H17NO5/c1-4-19-14(17)9(2)8-20-12-6-10(13(15)16)5-11(7-12)18-3/h5-7H,2,4,8H2,1,3H3,(H2,15,16). The SMILES string of the molecule is C=C(COc1cc(OC)cc(C(N)=O)c1)C(=O)OCC. The minimum absolute atomic E-state index is 0.0514. The van der Waals surface area contributed by atoms with E-state index in [1.165, 1.54) is 19.2 Å². The molecule has 0 aliphatic heterocycles. The largest absolute Gasteiger partial charge is 0.497 e. The molecule has 0 spiro atoms. The summed E-state index contributed by atoms with van der Waals surface area (Å²) in [5.41, 5.74) is 5.64. The average molecular weight is 279 g/mol. The molecule has 0 aliphatic carbocycles. The lowest BCUT2D eigenvalue weighted by atomic mass is 10.2. The molecule has 0 unspecified atom stereocenters. The Morgan fingerprint density at radius 1 is 1.25 bits per heavy atom. The van der Waals surface area contributed by atoms with Gasteiger partial charge in [0.15, 0.2) is 0 Å². The summed E-state index contributed by atoms with van der Waals surface area (Å²) >= 11 is 0. The normalized spacial score (nSPS) is 9.70. The van der Waals surface area contributed by atoms with E-state index in [-0.39, 0.29) is 24.4 Å². The highest BCUT2D eigenvalue weighted by Gasteiger charge is 2.11. The molecule has 1 aromatic carbocycles. The zero-order valence-electron chi connectivity index (χ0n) is 11.5. The first-order chi connectivity index (χ1) is 9.47. The molecule has 0 aromatic heterocycles. The Kier molecular flexibility index (Phi) is 5.58. The second kappa shape index (κ2) is 7.18. The Balaban J connectivity index is 2.77. The van der Waals surface area contributed by atoms with Crippen molar-refractivity contribution in [2.75, 3.05) is 20.3 Å². The van der Waals surface area contributed by atoms with E-state index in [1.807, 2.05) is 0 Å². The van der Waals surface area contributed by atoms with Crippen molar-refractivity contribution in [2.24, 2.45) is 5.73 Å². The summed E-state index contributed by atoms with van der Waals surface area (Å²) in [6.45, 7) is 5.48. The summed E-state index contributed by atoms with van der Waals surface area (Å²) in [6.07, 6.45) is 0. The molecule has 0 aliphatic rings. The first-order valence-electron chi connectivity index (χ1n) is 5.94. The van der Waals surface area contributed by atoms with Gasteiger partial charge < -0.3 is 19.9 Å². The number of primary amides is 1. The second-order valence-corrected chi connectivity index (χ2v) is 3.87. The molecule has 0 heterocycles. The average Bonchev–Trinajstić information content (AvgIpc) is 2.44. The molecule has 0 bridgehead atoms. The van der Waals surface area contributed by atoms with Crippen molar-refractivity contribution in [1.29, 1.82) is 0 Å². The van der Waals surface area contributed by atoms with Crippen LogP contribution in [0.3, 0.4) is 0 Å². The summed E-state index contributed by atoms with van der Waals surface area (Å²) in [5, 5.41) is 0. The third-order valence-electron chi connectivity index (χ3n) is 2.38. The van der Waals surface area contributed by atoms with Crippen LogP contribution in [0.5, 0.6) is 11.5 Å². The smallest absolute Gasteiger partial charge is 0.336 e. The van der Waals surface area contributed by atoms with Gasteiger partial charge in [-0.25, -0.2) is 4.79 Å². The van der Waals surface area contributed by atoms with Gasteiger partial charge in [0.25, 0.3) is 0 Å². The van der Waals surface area contributed by atoms with Crippen LogP contribution in [0.1, 0.15) is 17.3 Å². The highest BCUT2D eigenvalue weighted by Crippen LogP contribution is 2.23. The minimum Gasteiger partial charge on any atom is -0.497 e. The maximum absolute atomic E-state index is 11.4. The topological polar surface area (TPSA) is 87.9 Å². The van der Waals surface area contributed by atoms with Crippen LogP contribution in [0, 0.1) is 0 Å². The fraction of sp³-hybridized carbons (Fsp3) is 0.286. The predicted molar refractivity (Wildman–Crippen MR) is 72.8 cm³/mol. The molecule has 0 saturated heterocycles.